The van der Waals surface area contributed by atoms with Crippen LogP contribution in [-0.4, -0.2) is 33.1 Å². The summed E-state index contributed by atoms with van der Waals surface area (Å²) in [6, 6.07) is 8.16. The number of ether oxygens (including phenoxy) is 1. The zero-order chi connectivity index (χ0) is 15.9. The second kappa shape index (κ2) is 7.41. The molecule has 0 amide bonds. The Balaban J connectivity index is 2.20. The van der Waals surface area contributed by atoms with Crippen LogP contribution in [0, 0.1) is 0 Å². The van der Waals surface area contributed by atoms with Crippen LogP contribution < -0.4 is 0 Å². The summed E-state index contributed by atoms with van der Waals surface area (Å²) in [5, 5.41) is 0. The number of carbonyl (C=O) groups is 1. The summed E-state index contributed by atoms with van der Waals surface area (Å²) in [5.74, 6) is -0.556. The van der Waals surface area contributed by atoms with Gasteiger partial charge in [0.15, 0.2) is 0 Å². The van der Waals surface area contributed by atoms with Crippen molar-refractivity contribution in [2.75, 3.05) is 13.2 Å². The monoisotopic (exact) mass is 326 g/mol. The van der Waals surface area contributed by atoms with E-state index in [0.29, 0.717) is 5.56 Å². The Morgan fingerprint density at radius 2 is 1.62 bits per heavy atom. The van der Waals surface area contributed by atoms with Crippen molar-refractivity contribution in [3.63, 3.8) is 0 Å². The van der Waals surface area contributed by atoms with Gasteiger partial charge in [0, 0.05) is 0 Å². The van der Waals surface area contributed by atoms with Crippen molar-refractivity contribution in [2.45, 2.75) is 18.3 Å². The minimum atomic E-state index is -5.55. The summed E-state index contributed by atoms with van der Waals surface area (Å²) in [7, 11) is -5.55. The van der Waals surface area contributed by atoms with E-state index < -0.39 is 28.2 Å². The van der Waals surface area contributed by atoms with Crippen LogP contribution in [0.4, 0.5) is 13.2 Å². The lowest BCUT2D eigenvalue weighted by Crippen LogP contribution is -2.25. The molecular weight excluding hydrogens is 313 g/mol. The third-order valence-electron chi connectivity index (χ3n) is 2.30. The van der Waals surface area contributed by atoms with Gasteiger partial charge in [0.1, 0.15) is 0 Å². The SMILES string of the molecule is O=C(OCCCCOS(=O)(=O)C(F)(F)F)c1ccccc1. The van der Waals surface area contributed by atoms with Gasteiger partial charge in [-0.2, -0.15) is 21.6 Å². The normalized spacial score (nSPS) is 12.1. The molecule has 0 fully saturated rings. The molecule has 0 aliphatic carbocycles. The van der Waals surface area contributed by atoms with Gasteiger partial charge in [0.25, 0.3) is 0 Å². The standard InChI is InChI=1S/C12H13F3O5S/c13-12(14,15)21(17,18)20-9-5-4-8-19-11(16)10-6-2-1-3-7-10/h1-3,6-7H,4-5,8-9H2. The van der Waals surface area contributed by atoms with E-state index in [9.17, 15) is 26.4 Å². The Kier molecular flexibility index (Phi) is 6.16. The van der Waals surface area contributed by atoms with E-state index in [1.54, 1.807) is 30.3 Å². The molecule has 0 spiro atoms. The molecule has 0 aliphatic heterocycles. The number of alkyl halides is 3. The van der Waals surface area contributed by atoms with E-state index in [1.807, 2.05) is 0 Å². The molecule has 5 nitrogen and oxygen atoms in total. The number of benzene rings is 1. The lowest BCUT2D eigenvalue weighted by molar-refractivity contribution is -0.0543. The Bertz CT molecular complexity index is 554. The molecule has 0 N–H and O–H groups in total. The molecule has 0 atom stereocenters. The highest BCUT2D eigenvalue weighted by Crippen LogP contribution is 2.24. The highest BCUT2D eigenvalue weighted by molar-refractivity contribution is 7.87. The predicted octanol–water partition coefficient (Wildman–Crippen LogP) is 2.49. The van der Waals surface area contributed by atoms with E-state index in [2.05, 4.69) is 4.18 Å². The Labute approximate surface area is 119 Å². The van der Waals surface area contributed by atoms with Crippen LogP contribution in [0.25, 0.3) is 0 Å². The summed E-state index contributed by atoms with van der Waals surface area (Å²) in [6.45, 7) is -0.659. The molecule has 0 saturated carbocycles. The number of hydrogen-bond acceptors (Lipinski definition) is 5. The molecule has 1 aromatic rings. The third kappa shape index (κ3) is 5.72. The topological polar surface area (TPSA) is 69.7 Å². The van der Waals surface area contributed by atoms with Gasteiger partial charge in [-0.1, -0.05) is 18.2 Å². The first-order valence-electron chi connectivity index (χ1n) is 5.92. The summed E-state index contributed by atoms with van der Waals surface area (Å²) in [6.07, 6.45) is 0.198. The van der Waals surface area contributed by atoms with Gasteiger partial charge in [0.05, 0.1) is 18.8 Å². The number of carbonyl (C=O) groups excluding carboxylic acids is 1. The van der Waals surface area contributed by atoms with Gasteiger partial charge in [-0.15, -0.1) is 0 Å². The van der Waals surface area contributed by atoms with Crippen LogP contribution in [0.2, 0.25) is 0 Å². The fraction of sp³-hybridized carbons (Fsp3) is 0.417. The van der Waals surface area contributed by atoms with Crippen molar-refractivity contribution in [2.24, 2.45) is 0 Å². The minimum absolute atomic E-state index is 0.0113. The van der Waals surface area contributed by atoms with Gasteiger partial charge in [0.2, 0.25) is 0 Å². The zero-order valence-electron chi connectivity index (χ0n) is 10.8. The van der Waals surface area contributed by atoms with E-state index >= 15 is 0 Å². The van der Waals surface area contributed by atoms with Crippen molar-refractivity contribution in [1.82, 2.24) is 0 Å². The fourth-order valence-electron chi connectivity index (χ4n) is 1.26. The number of rotatable bonds is 7. The average molecular weight is 326 g/mol. The maximum atomic E-state index is 11.9. The molecule has 0 bridgehead atoms. The zero-order valence-corrected chi connectivity index (χ0v) is 11.6. The lowest BCUT2D eigenvalue weighted by atomic mass is 10.2. The first-order chi connectivity index (χ1) is 9.74. The number of unbranched alkanes of at least 4 members (excludes halogenated alkanes) is 1. The van der Waals surface area contributed by atoms with Gasteiger partial charge in [-0.05, 0) is 25.0 Å². The number of hydrogen-bond donors (Lipinski definition) is 0. The van der Waals surface area contributed by atoms with E-state index in [4.69, 9.17) is 4.74 Å². The first kappa shape index (κ1) is 17.4. The molecule has 0 radical (unpaired) electrons. The van der Waals surface area contributed by atoms with Crippen LogP contribution in [0.1, 0.15) is 23.2 Å². The van der Waals surface area contributed by atoms with Gasteiger partial charge >= 0.3 is 21.6 Å². The summed E-state index contributed by atoms with van der Waals surface area (Å²) in [5.41, 5.74) is -5.07. The van der Waals surface area contributed by atoms with Crippen LogP contribution in [0.3, 0.4) is 0 Å². The van der Waals surface area contributed by atoms with Gasteiger partial charge < -0.3 is 4.74 Å². The van der Waals surface area contributed by atoms with Crippen molar-refractivity contribution in [3.05, 3.63) is 35.9 Å². The van der Waals surface area contributed by atoms with Crippen molar-refractivity contribution < 1.29 is 35.3 Å². The summed E-state index contributed by atoms with van der Waals surface area (Å²) < 4.78 is 65.5. The van der Waals surface area contributed by atoms with E-state index in [0.717, 1.165) is 0 Å². The van der Waals surface area contributed by atoms with Gasteiger partial charge in [-0.3, -0.25) is 4.18 Å². The van der Waals surface area contributed by atoms with Crippen LogP contribution in [0.5, 0.6) is 0 Å². The molecule has 0 unspecified atom stereocenters. The molecule has 0 aromatic heterocycles. The highest BCUT2D eigenvalue weighted by atomic mass is 32.2. The minimum Gasteiger partial charge on any atom is -0.462 e. The third-order valence-corrected chi connectivity index (χ3v) is 3.35. The predicted molar refractivity (Wildman–Crippen MR) is 66.9 cm³/mol. The average Bonchev–Trinajstić information content (AvgIpc) is 2.42. The van der Waals surface area contributed by atoms with E-state index in [1.165, 1.54) is 0 Å². The van der Waals surface area contributed by atoms with Crippen LogP contribution >= 0.6 is 0 Å². The summed E-state index contributed by atoms with van der Waals surface area (Å²) >= 11 is 0. The molecule has 0 heterocycles. The number of halogens is 3. The maximum Gasteiger partial charge on any atom is 0.523 e. The summed E-state index contributed by atoms with van der Waals surface area (Å²) in [4.78, 5) is 11.5. The molecular formula is C12H13F3O5S. The van der Waals surface area contributed by atoms with Gasteiger partial charge in [-0.25, -0.2) is 4.79 Å². The Morgan fingerprint density at radius 3 is 2.19 bits per heavy atom. The second-order valence-electron chi connectivity index (χ2n) is 3.93. The Morgan fingerprint density at radius 1 is 1.05 bits per heavy atom. The van der Waals surface area contributed by atoms with Crippen molar-refractivity contribution >= 4 is 16.1 Å². The molecule has 0 saturated heterocycles. The number of esters is 1. The fourth-order valence-corrected chi connectivity index (χ4v) is 1.73. The first-order valence-corrected chi connectivity index (χ1v) is 7.33. The molecule has 9 heteroatoms. The van der Waals surface area contributed by atoms with E-state index in [-0.39, 0.29) is 19.4 Å². The largest absolute Gasteiger partial charge is 0.523 e. The molecule has 1 rings (SSSR count). The molecule has 21 heavy (non-hydrogen) atoms. The Hall–Kier alpha value is -1.61. The highest BCUT2D eigenvalue weighted by Gasteiger charge is 2.47. The quantitative estimate of drug-likeness (QED) is 0.333. The maximum absolute atomic E-state index is 11.9. The smallest absolute Gasteiger partial charge is 0.462 e. The molecule has 1 aromatic carbocycles. The second-order valence-corrected chi connectivity index (χ2v) is 5.54. The van der Waals surface area contributed by atoms with Crippen molar-refractivity contribution in [1.29, 1.82) is 0 Å². The molecule has 0 aliphatic rings. The van der Waals surface area contributed by atoms with Crippen LogP contribution in [0.15, 0.2) is 30.3 Å². The molecule has 118 valence electrons. The van der Waals surface area contributed by atoms with Crippen LogP contribution in [-0.2, 0) is 19.0 Å². The van der Waals surface area contributed by atoms with Crippen molar-refractivity contribution in [3.8, 4) is 0 Å². The lowest BCUT2D eigenvalue weighted by Gasteiger charge is -2.08.